The molecule has 0 unspecified atom stereocenters. The van der Waals surface area contributed by atoms with Gasteiger partial charge in [-0.25, -0.2) is 14.2 Å². The van der Waals surface area contributed by atoms with Gasteiger partial charge in [0, 0.05) is 19.6 Å². The lowest BCUT2D eigenvalue weighted by Gasteiger charge is -2.52. The van der Waals surface area contributed by atoms with Crippen LogP contribution >= 0.6 is 11.3 Å². The average Bonchev–Trinajstić information content (AvgIpc) is 3.05. The highest BCUT2D eigenvalue weighted by molar-refractivity contribution is 7.13. The van der Waals surface area contributed by atoms with E-state index >= 15 is 0 Å². The van der Waals surface area contributed by atoms with E-state index in [1.165, 1.54) is 28.4 Å². The second-order valence-electron chi connectivity index (χ2n) is 6.45. The molecule has 0 radical (unpaired) electrons. The second-order valence-corrected chi connectivity index (χ2v) is 7.30. The number of piperidine rings is 3. The summed E-state index contributed by atoms with van der Waals surface area (Å²) < 4.78 is 13.2. The van der Waals surface area contributed by atoms with Gasteiger partial charge in [-0.15, -0.1) is 11.3 Å². The van der Waals surface area contributed by atoms with Crippen LogP contribution in [0.25, 0.3) is 10.4 Å². The normalized spacial score (nSPS) is 25.6. The van der Waals surface area contributed by atoms with Crippen molar-refractivity contribution in [3.05, 3.63) is 35.6 Å². The first-order chi connectivity index (χ1) is 11.6. The minimum atomic E-state index is -0.959. The van der Waals surface area contributed by atoms with Crippen LogP contribution in [0.3, 0.4) is 0 Å². The Balaban J connectivity index is 1.77. The molecule has 0 saturated carbocycles. The van der Waals surface area contributed by atoms with Gasteiger partial charge in [0.1, 0.15) is 5.82 Å². The Hall–Kier alpha value is -1.99. The Labute approximate surface area is 143 Å². The van der Waals surface area contributed by atoms with Crippen LogP contribution in [0, 0.1) is 5.82 Å². The molecule has 24 heavy (non-hydrogen) atoms. The molecule has 1 aromatic heterocycles. The zero-order valence-corrected chi connectivity index (χ0v) is 13.9. The molecule has 2 bridgehead atoms. The van der Waals surface area contributed by atoms with Gasteiger partial charge >= 0.3 is 6.09 Å². The van der Waals surface area contributed by atoms with Gasteiger partial charge in [-0.1, -0.05) is 12.1 Å². The third kappa shape index (κ3) is 2.48. The van der Waals surface area contributed by atoms with Gasteiger partial charge in [-0.05, 0) is 37.0 Å². The van der Waals surface area contributed by atoms with E-state index < -0.39 is 6.09 Å². The topological polar surface area (TPSA) is 56.7 Å². The second kappa shape index (κ2) is 5.82. The molecule has 0 aliphatic carbocycles. The fraction of sp³-hybridized carbons (Fsp3) is 0.412. The van der Waals surface area contributed by atoms with Crippen LogP contribution < -0.4 is 4.90 Å². The van der Waals surface area contributed by atoms with Gasteiger partial charge in [0.2, 0.25) is 0 Å². The summed E-state index contributed by atoms with van der Waals surface area (Å²) in [4.78, 5) is 21.2. The maximum absolute atomic E-state index is 13.2. The number of anilines is 1. The van der Waals surface area contributed by atoms with Crippen molar-refractivity contribution in [2.24, 2.45) is 0 Å². The molecule has 126 valence electrons. The number of aromatic nitrogens is 1. The van der Waals surface area contributed by atoms with Crippen molar-refractivity contribution in [3.63, 3.8) is 0 Å². The lowest BCUT2D eigenvalue weighted by atomic mass is 9.78. The van der Waals surface area contributed by atoms with E-state index in [0.717, 1.165) is 49.3 Å². The molecule has 3 aliphatic rings. The van der Waals surface area contributed by atoms with E-state index in [0.29, 0.717) is 5.82 Å². The predicted molar refractivity (Wildman–Crippen MR) is 91.0 cm³/mol. The van der Waals surface area contributed by atoms with E-state index in [2.05, 4.69) is 9.88 Å². The Morgan fingerprint density at radius 3 is 2.42 bits per heavy atom. The summed E-state index contributed by atoms with van der Waals surface area (Å²) >= 11 is 1.39. The zero-order chi connectivity index (χ0) is 16.7. The standard InChI is InChI=1S/C17H18FN3O2S/c18-13-3-1-12(2-4-13)14-15(19-11-24-14)21(16(22)23)17-5-8-20(9-6-17)10-7-17/h1-4,11H,5-10H2,(H,22,23). The highest BCUT2D eigenvalue weighted by Gasteiger charge is 2.48. The van der Waals surface area contributed by atoms with Crippen molar-refractivity contribution in [3.8, 4) is 10.4 Å². The number of hydrogen-bond donors (Lipinski definition) is 1. The summed E-state index contributed by atoms with van der Waals surface area (Å²) in [5.74, 6) is 0.174. The lowest BCUT2D eigenvalue weighted by Crippen LogP contribution is -2.63. The molecule has 1 aromatic carbocycles. The van der Waals surface area contributed by atoms with E-state index in [1.807, 2.05) is 0 Å². The summed E-state index contributed by atoms with van der Waals surface area (Å²) in [7, 11) is 0. The number of nitrogens with zero attached hydrogens (tertiary/aromatic N) is 3. The van der Waals surface area contributed by atoms with Crippen molar-refractivity contribution < 1.29 is 14.3 Å². The molecule has 1 N–H and O–H groups in total. The average molecular weight is 347 g/mol. The van der Waals surface area contributed by atoms with Crippen molar-refractivity contribution >= 4 is 23.2 Å². The molecule has 3 aliphatic heterocycles. The number of amides is 1. The van der Waals surface area contributed by atoms with Gasteiger partial charge in [0.15, 0.2) is 5.82 Å². The number of carbonyl (C=O) groups is 1. The van der Waals surface area contributed by atoms with Crippen LogP contribution in [0.4, 0.5) is 15.0 Å². The number of halogens is 1. The number of carboxylic acid groups (broad SMARTS) is 1. The summed E-state index contributed by atoms with van der Waals surface area (Å²) in [6.45, 7) is 2.79. The molecule has 3 saturated heterocycles. The van der Waals surface area contributed by atoms with Crippen molar-refractivity contribution in [1.82, 2.24) is 9.88 Å². The molecular weight excluding hydrogens is 329 g/mol. The molecule has 2 aromatic rings. The van der Waals surface area contributed by atoms with Crippen LogP contribution in [-0.2, 0) is 0 Å². The van der Waals surface area contributed by atoms with Crippen LogP contribution in [0.15, 0.2) is 29.8 Å². The number of fused-ring (bicyclic) bond motifs is 3. The van der Waals surface area contributed by atoms with Crippen LogP contribution in [0.5, 0.6) is 0 Å². The number of hydrogen-bond acceptors (Lipinski definition) is 4. The van der Waals surface area contributed by atoms with E-state index in [4.69, 9.17) is 0 Å². The third-order valence-electron chi connectivity index (χ3n) is 5.21. The minimum absolute atomic E-state index is 0.307. The summed E-state index contributed by atoms with van der Waals surface area (Å²) in [6.07, 6.45) is 1.54. The molecule has 5 rings (SSSR count). The summed E-state index contributed by atoms with van der Waals surface area (Å²) in [5, 5.41) is 9.94. The SMILES string of the molecule is O=C(O)N(c1ncsc1-c1ccc(F)cc1)C12CCN(CC1)CC2. The van der Waals surface area contributed by atoms with Crippen LogP contribution in [0.1, 0.15) is 19.3 Å². The predicted octanol–water partition coefficient (Wildman–Crippen LogP) is 3.67. The highest BCUT2D eigenvalue weighted by Crippen LogP contribution is 2.43. The Bertz CT molecular complexity index is 740. The molecule has 3 fully saturated rings. The molecule has 0 spiro atoms. The highest BCUT2D eigenvalue weighted by atomic mass is 32.1. The maximum Gasteiger partial charge on any atom is 0.413 e. The molecule has 7 heteroatoms. The minimum Gasteiger partial charge on any atom is -0.465 e. The number of benzene rings is 1. The monoisotopic (exact) mass is 347 g/mol. The van der Waals surface area contributed by atoms with Crippen molar-refractivity contribution in [1.29, 1.82) is 0 Å². The van der Waals surface area contributed by atoms with Crippen LogP contribution in [0.2, 0.25) is 0 Å². The van der Waals surface area contributed by atoms with Crippen molar-refractivity contribution in [2.75, 3.05) is 24.5 Å². The maximum atomic E-state index is 13.2. The Morgan fingerprint density at radius 1 is 1.21 bits per heavy atom. The fourth-order valence-electron chi connectivity index (χ4n) is 3.86. The van der Waals surface area contributed by atoms with E-state index in [1.54, 1.807) is 17.6 Å². The first kappa shape index (κ1) is 15.5. The smallest absolute Gasteiger partial charge is 0.413 e. The van der Waals surface area contributed by atoms with Crippen LogP contribution in [-0.4, -0.2) is 46.3 Å². The first-order valence-corrected chi connectivity index (χ1v) is 8.92. The Morgan fingerprint density at radius 2 is 1.83 bits per heavy atom. The van der Waals surface area contributed by atoms with E-state index in [9.17, 15) is 14.3 Å². The van der Waals surface area contributed by atoms with Crippen molar-refractivity contribution in [2.45, 2.75) is 24.8 Å². The molecule has 0 atom stereocenters. The Kier molecular flexibility index (Phi) is 3.77. The van der Waals surface area contributed by atoms with Gasteiger partial charge in [-0.2, -0.15) is 0 Å². The van der Waals surface area contributed by atoms with Gasteiger partial charge in [-0.3, -0.25) is 4.90 Å². The van der Waals surface area contributed by atoms with Gasteiger partial charge in [0.25, 0.3) is 0 Å². The third-order valence-corrected chi connectivity index (χ3v) is 6.08. The number of thiazole rings is 1. The van der Waals surface area contributed by atoms with Gasteiger partial charge < -0.3 is 10.0 Å². The summed E-state index contributed by atoms with van der Waals surface area (Å²) in [5.41, 5.74) is 2.09. The molecule has 1 amide bonds. The molecule has 5 nitrogen and oxygen atoms in total. The number of rotatable bonds is 3. The zero-order valence-electron chi connectivity index (χ0n) is 13.1. The van der Waals surface area contributed by atoms with E-state index in [-0.39, 0.29) is 11.4 Å². The lowest BCUT2D eigenvalue weighted by molar-refractivity contribution is 0.0779. The molecular formula is C17H18FN3O2S. The summed E-state index contributed by atoms with van der Waals surface area (Å²) in [6, 6.07) is 6.13. The fourth-order valence-corrected chi connectivity index (χ4v) is 4.64. The van der Waals surface area contributed by atoms with Gasteiger partial charge in [0.05, 0.1) is 15.9 Å². The quantitative estimate of drug-likeness (QED) is 0.920. The first-order valence-electron chi connectivity index (χ1n) is 8.04. The largest absolute Gasteiger partial charge is 0.465 e. The molecule has 4 heterocycles.